The minimum Gasteiger partial charge on any atom is -0.462 e. The van der Waals surface area contributed by atoms with Crippen LogP contribution in [0.25, 0.3) is 0 Å². The fourth-order valence-electron chi connectivity index (χ4n) is 5.56. The molecule has 0 aliphatic heterocycles. The van der Waals surface area contributed by atoms with Crippen molar-refractivity contribution in [1.82, 2.24) is 0 Å². The molecular formula is C51H82O5. The molecule has 0 aliphatic rings. The fourth-order valence-corrected chi connectivity index (χ4v) is 5.56. The van der Waals surface area contributed by atoms with Gasteiger partial charge in [0.2, 0.25) is 0 Å². The predicted molar refractivity (Wildman–Crippen MR) is 242 cm³/mol. The zero-order chi connectivity index (χ0) is 40.7. The Morgan fingerprint density at radius 3 is 1.29 bits per heavy atom. The van der Waals surface area contributed by atoms with E-state index in [1.807, 2.05) is 0 Å². The maximum atomic E-state index is 12.6. The van der Waals surface area contributed by atoms with Crippen LogP contribution < -0.4 is 0 Å². The Balaban J connectivity index is 4.34. The summed E-state index contributed by atoms with van der Waals surface area (Å²) in [5, 5.41) is 0. The molecule has 316 valence electrons. The van der Waals surface area contributed by atoms with E-state index in [0.717, 1.165) is 116 Å². The van der Waals surface area contributed by atoms with Crippen molar-refractivity contribution in [3.8, 4) is 0 Å². The van der Waals surface area contributed by atoms with E-state index in [-0.39, 0.29) is 25.2 Å². The minimum absolute atomic E-state index is 0.0368. The molecule has 0 fully saturated rings. The predicted octanol–water partition coefficient (Wildman–Crippen LogP) is 14.9. The standard InChI is InChI=1S/C51H82O5/c1-4-7-10-13-16-18-20-22-24-26-27-29-31-33-36-38-41-44-50(52)55-48-49(56-51(53)45-42-39-35-15-12-9-6-3)47-54-46-43-40-37-34-32-30-28-25-23-21-19-17-14-11-8-5-2/h7-8,10-11,16-19,22-25,27,29-30,32,37,40,49H,4-6,9,12-15,20-21,26,28,31,33-36,38-39,41-48H2,1-3H3/b10-7-,11-8-,18-16-,19-17-,24-22-,25-23-,29-27-,32-30-,40-37-. The smallest absolute Gasteiger partial charge is 0.306 e. The molecule has 0 aromatic carbocycles. The largest absolute Gasteiger partial charge is 0.462 e. The normalized spacial score (nSPS) is 13.3. The molecule has 0 spiro atoms. The van der Waals surface area contributed by atoms with Crippen LogP contribution >= 0.6 is 0 Å². The Kier molecular flexibility index (Phi) is 43.1. The summed E-state index contributed by atoms with van der Waals surface area (Å²) in [7, 11) is 0. The molecular weight excluding hydrogens is 693 g/mol. The Morgan fingerprint density at radius 1 is 0.411 bits per heavy atom. The first-order chi connectivity index (χ1) is 27.6. The van der Waals surface area contributed by atoms with Crippen molar-refractivity contribution in [2.45, 2.75) is 181 Å². The molecule has 5 heteroatoms. The van der Waals surface area contributed by atoms with Gasteiger partial charge >= 0.3 is 11.9 Å². The first kappa shape index (κ1) is 52.6. The van der Waals surface area contributed by atoms with Gasteiger partial charge in [-0.25, -0.2) is 0 Å². The average molecular weight is 775 g/mol. The maximum absolute atomic E-state index is 12.6. The highest BCUT2D eigenvalue weighted by molar-refractivity contribution is 5.70. The summed E-state index contributed by atoms with van der Waals surface area (Å²) >= 11 is 0. The summed E-state index contributed by atoms with van der Waals surface area (Å²) in [5.74, 6) is -0.481. The topological polar surface area (TPSA) is 61.8 Å². The number of carbonyl (C=O) groups excluding carboxylic acids is 2. The van der Waals surface area contributed by atoms with Gasteiger partial charge in [0, 0.05) is 12.8 Å². The SMILES string of the molecule is CC/C=C\C/C=C\C/C=C\C/C=C\C/C=C\CCOCC(COC(=O)CCCCCC/C=C\C/C=C\C/C=C\C/C=C\CC)OC(=O)CCCCCCCCC. The fraction of sp³-hybridized carbons (Fsp3) is 0.608. The van der Waals surface area contributed by atoms with E-state index in [2.05, 4.69) is 130 Å². The van der Waals surface area contributed by atoms with Crippen LogP contribution in [0.5, 0.6) is 0 Å². The number of carbonyl (C=O) groups is 2. The second-order valence-corrected chi connectivity index (χ2v) is 14.2. The lowest BCUT2D eigenvalue weighted by Gasteiger charge is -2.18. The second kappa shape index (κ2) is 45.9. The van der Waals surface area contributed by atoms with Crippen molar-refractivity contribution in [1.29, 1.82) is 0 Å². The number of allylic oxidation sites excluding steroid dienone is 17. The second-order valence-electron chi connectivity index (χ2n) is 14.2. The highest BCUT2D eigenvalue weighted by atomic mass is 16.6. The van der Waals surface area contributed by atoms with Crippen LogP contribution in [0, 0.1) is 0 Å². The van der Waals surface area contributed by atoms with Crippen molar-refractivity contribution >= 4 is 11.9 Å². The summed E-state index contributed by atoms with van der Waals surface area (Å²) in [6.07, 6.45) is 62.6. The van der Waals surface area contributed by atoms with E-state index in [0.29, 0.717) is 19.4 Å². The molecule has 0 bridgehead atoms. The molecule has 0 aromatic heterocycles. The van der Waals surface area contributed by atoms with Gasteiger partial charge in [0.1, 0.15) is 6.61 Å². The monoisotopic (exact) mass is 775 g/mol. The number of hydrogen-bond acceptors (Lipinski definition) is 5. The first-order valence-corrected chi connectivity index (χ1v) is 22.4. The summed E-state index contributed by atoms with van der Waals surface area (Å²) in [5.41, 5.74) is 0. The lowest BCUT2D eigenvalue weighted by molar-refractivity contribution is -0.162. The van der Waals surface area contributed by atoms with Crippen LogP contribution in [0.2, 0.25) is 0 Å². The van der Waals surface area contributed by atoms with Gasteiger partial charge in [-0.3, -0.25) is 9.59 Å². The number of rotatable bonds is 39. The Bertz CT molecular complexity index is 1150. The lowest BCUT2D eigenvalue weighted by atomic mass is 10.1. The zero-order valence-corrected chi connectivity index (χ0v) is 36.1. The van der Waals surface area contributed by atoms with Crippen molar-refractivity contribution < 1.29 is 23.8 Å². The van der Waals surface area contributed by atoms with Crippen LogP contribution in [0.15, 0.2) is 109 Å². The first-order valence-electron chi connectivity index (χ1n) is 22.4. The Morgan fingerprint density at radius 2 is 0.804 bits per heavy atom. The van der Waals surface area contributed by atoms with Gasteiger partial charge in [0.15, 0.2) is 6.10 Å². The molecule has 0 aromatic rings. The van der Waals surface area contributed by atoms with Gasteiger partial charge in [-0.1, -0.05) is 182 Å². The molecule has 0 radical (unpaired) electrons. The summed E-state index contributed by atoms with van der Waals surface area (Å²) < 4.78 is 17.1. The zero-order valence-electron chi connectivity index (χ0n) is 36.1. The Hall–Kier alpha value is -3.44. The molecule has 0 saturated carbocycles. The summed E-state index contributed by atoms with van der Waals surface area (Å²) in [6.45, 7) is 7.30. The van der Waals surface area contributed by atoms with Crippen LogP contribution in [0.3, 0.4) is 0 Å². The number of hydrogen-bond donors (Lipinski definition) is 0. The molecule has 5 nitrogen and oxygen atoms in total. The average Bonchev–Trinajstić information content (AvgIpc) is 3.20. The lowest BCUT2D eigenvalue weighted by Crippen LogP contribution is -2.30. The third-order valence-corrected chi connectivity index (χ3v) is 8.82. The minimum atomic E-state index is -0.588. The third kappa shape index (κ3) is 43.3. The van der Waals surface area contributed by atoms with E-state index >= 15 is 0 Å². The molecule has 0 aliphatic carbocycles. The van der Waals surface area contributed by atoms with E-state index in [4.69, 9.17) is 14.2 Å². The summed E-state index contributed by atoms with van der Waals surface area (Å²) in [4.78, 5) is 25.1. The van der Waals surface area contributed by atoms with Crippen molar-refractivity contribution in [3.63, 3.8) is 0 Å². The number of unbranched alkanes of at least 4 members (excludes halogenated alkanes) is 10. The highest BCUT2D eigenvalue weighted by Crippen LogP contribution is 2.11. The van der Waals surface area contributed by atoms with E-state index in [1.165, 1.54) is 25.7 Å². The number of ether oxygens (including phenoxy) is 3. The van der Waals surface area contributed by atoms with Crippen molar-refractivity contribution in [2.75, 3.05) is 19.8 Å². The molecule has 1 unspecified atom stereocenters. The Labute approximate surface area is 344 Å². The van der Waals surface area contributed by atoms with Crippen LogP contribution in [0.4, 0.5) is 0 Å². The van der Waals surface area contributed by atoms with Gasteiger partial charge in [-0.15, -0.1) is 0 Å². The van der Waals surface area contributed by atoms with Gasteiger partial charge in [0.05, 0.1) is 13.2 Å². The molecule has 0 rings (SSSR count). The number of esters is 2. The van der Waals surface area contributed by atoms with Crippen LogP contribution in [-0.4, -0.2) is 37.9 Å². The molecule has 0 amide bonds. The molecule has 0 saturated heterocycles. The van der Waals surface area contributed by atoms with E-state index in [9.17, 15) is 9.59 Å². The van der Waals surface area contributed by atoms with Crippen molar-refractivity contribution in [2.24, 2.45) is 0 Å². The van der Waals surface area contributed by atoms with Crippen molar-refractivity contribution in [3.05, 3.63) is 109 Å². The molecule has 56 heavy (non-hydrogen) atoms. The summed E-state index contributed by atoms with van der Waals surface area (Å²) in [6, 6.07) is 0. The molecule has 0 heterocycles. The van der Waals surface area contributed by atoms with Gasteiger partial charge in [-0.2, -0.15) is 0 Å². The van der Waals surface area contributed by atoms with E-state index in [1.54, 1.807) is 0 Å². The highest BCUT2D eigenvalue weighted by Gasteiger charge is 2.17. The molecule has 0 N–H and O–H groups in total. The molecule has 1 atom stereocenters. The van der Waals surface area contributed by atoms with Gasteiger partial charge < -0.3 is 14.2 Å². The van der Waals surface area contributed by atoms with Crippen LogP contribution in [0.1, 0.15) is 175 Å². The van der Waals surface area contributed by atoms with Crippen LogP contribution in [-0.2, 0) is 23.8 Å². The maximum Gasteiger partial charge on any atom is 0.306 e. The third-order valence-electron chi connectivity index (χ3n) is 8.82. The van der Waals surface area contributed by atoms with Gasteiger partial charge in [-0.05, 0) is 89.9 Å². The quantitative estimate of drug-likeness (QED) is 0.0354. The van der Waals surface area contributed by atoms with Gasteiger partial charge in [0.25, 0.3) is 0 Å². The van der Waals surface area contributed by atoms with E-state index < -0.39 is 6.10 Å².